The second kappa shape index (κ2) is 5.81. The summed E-state index contributed by atoms with van der Waals surface area (Å²) in [6.45, 7) is 0.115. The van der Waals surface area contributed by atoms with Crippen molar-refractivity contribution < 1.29 is 18.1 Å². The Labute approximate surface area is 102 Å². The van der Waals surface area contributed by atoms with Gasteiger partial charge in [-0.1, -0.05) is 12.1 Å². The molecule has 0 heterocycles. The molecule has 0 N–H and O–H groups in total. The number of halogens is 3. The van der Waals surface area contributed by atoms with Gasteiger partial charge in [0.25, 0.3) is 5.69 Å². The quantitative estimate of drug-likeness (QED) is 0.605. The second-order valence-corrected chi connectivity index (χ2v) is 4.03. The zero-order valence-electron chi connectivity index (χ0n) is 9.78. The monoisotopic (exact) mass is 262 g/mol. The van der Waals surface area contributed by atoms with E-state index in [1.54, 1.807) is 13.1 Å². The van der Waals surface area contributed by atoms with Crippen LogP contribution in [-0.4, -0.2) is 29.6 Å². The molecule has 100 valence electrons. The third kappa shape index (κ3) is 5.13. The standard InChI is InChI=1S/C11H13F3N2O2/c1-15(6-5-11(12,13)14)8-9-3-2-4-10(7-9)16(17)18/h2-4,7H,5-6,8H2,1H3. The molecule has 1 aromatic rings. The van der Waals surface area contributed by atoms with Gasteiger partial charge in [0.15, 0.2) is 0 Å². The maximum atomic E-state index is 12.0. The zero-order valence-corrected chi connectivity index (χ0v) is 9.78. The van der Waals surface area contributed by atoms with Gasteiger partial charge >= 0.3 is 6.18 Å². The van der Waals surface area contributed by atoms with Crippen LogP contribution in [0.1, 0.15) is 12.0 Å². The summed E-state index contributed by atoms with van der Waals surface area (Å²) in [5.41, 5.74) is 0.561. The van der Waals surface area contributed by atoms with Crippen LogP contribution in [0, 0.1) is 10.1 Å². The van der Waals surface area contributed by atoms with Crippen molar-refractivity contribution in [1.82, 2.24) is 4.90 Å². The third-order valence-corrected chi connectivity index (χ3v) is 2.35. The molecule has 0 spiro atoms. The van der Waals surface area contributed by atoms with Crippen LogP contribution in [-0.2, 0) is 6.54 Å². The van der Waals surface area contributed by atoms with E-state index in [9.17, 15) is 23.3 Å². The molecular formula is C11H13F3N2O2. The summed E-state index contributed by atoms with van der Waals surface area (Å²) in [7, 11) is 1.55. The molecule has 0 unspecified atom stereocenters. The molecule has 4 nitrogen and oxygen atoms in total. The number of hydrogen-bond donors (Lipinski definition) is 0. The summed E-state index contributed by atoms with van der Waals surface area (Å²) in [5.74, 6) is 0. The largest absolute Gasteiger partial charge is 0.390 e. The van der Waals surface area contributed by atoms with E-state index in [2.05, 4.69) is 0 Å². The number of non-ortho nitro benzene ring substituents is 1. The van der Waals surface area contributed by atoms with Crippen LogP contribution in [0.3, 0.4) is 0 Å². The molecule has 7 heteroatoms. The van der Waals surface area contributed by atoms with E-state index in [0.717, 1.165) is 0 Å². The Hall–Kier alpha value is -1.63. The van der Waals surface area contributed by atoms with E-state index in [4.69, 9.17) is 0 Å². The Morgan fingerprint density at radius 3 is 2.61 bits per heavy atom. The predicted molar refractivity (Wildman–Crippen MR) is 60.1 cm³/mol. The number of nitro groups is 1. The summed E-state index contributed by atoms with van der Waals surface area (Å²) < 4.78 is 36.0. The van der Waals surface area contributed by atoms with Gasteiger partial charge in [-0.2, -0.15) is 13.2 Å². The van der Waals surface area contributed by atoms with Crippen LogP contribution in [0.25, 0.3) is 0 Å². The second-order valence-electron chi connectivity index (χ2n) is 4.03. The van der Waals surface area contributed by atoms with Crippen molar-refractivity contribution in [2.24, 2.45) is 0 Å². The lowest BCUT2D eigenvalue weighted by Crippen LogP contribution is -2.24. The number of alkyl halides is 3. The SMILES string of the molecule is CN(CCC(F)(F)F)Cc1cccc([N+](=O)[O-])c1. The first kappa shape index (κ1) is 14.4. The van der Waals surface area contributed by atoms with Gasteiger partial charge in [-0.15, -0.1) is 0 Å². The fourth-order valence-electron chi connectivity index (χ4n) is 1.48. The predicted octanol–water partition coefficient (Wildman–Crippen LogP) is 2.98. The average Bonchev–Trinajstić information content (AvgIpc) is 2.26. The number of hydrogen-bond acceptors (Lipinski definition) is 3. The molecule has 0 saturated carbocycles. The van der Waals surface area contributed by atoms with Crippen molar-refractivity contribution in [1.29, 1.82) is 0 Å². The highest BCUT2D eigenvalue weighted by Gasteiger charge is 2.27. The van der Waals surface area contributed by atoms with Gasteiger partial charge in [0, 0.05) is 25.2 Å². The number of rotatable bonds is 5. The summed E-state index contributed by atoms with van der Waals surface area (Å²) in [6, 6.07) is 5.88. The molecule has 0 aliphatic heterocycles. The normalized spacial score (nSPS) is 11.8. The summed E-state index contributed by atoms with van der Waals surface area (Å²) in [4.78, 5) is 11.5. The maximum absolute atomic E-state index is 12.0. The van der Waals surface area contributed by atoms with Gasteiger partial charge in [0.1, 0.15) is 0 Å². The van der Waals surface area contributed by atoms with E-state index in [1.807, 2.05) is 0 Å². The van der Waals surface area contributed by atoms with Crippen LogP contribution in [0.5, 0.6) is 0 Å². The number of nitro benzene ring substituents is 1. The fraction of sp³-hybridized carbons (Fsp3) is 0.455. The van der Waals surface area contributed by atoms with Crippen LogP contribution in [0.4, 0.5) is 18.9 Å². The first-order valence-electron chi connectivity index (χ1n) is 5.26. The smallest absolute Gasteiger partial charge is 0.302 e. The van der Waals surface area contributed by atoms with E-state index in [0.29, 0.717) is 5.56 Å². The Kier molecular flexibility index (Phi) is 4.66. The minimum Gasteiger partial charge on any atom is -0.302 e. The molecule has 0 fully saturated rings. The number of nitrogens with zero attached hydrogens (tertiary/aromatic N) is 2. The highest BCUT2D eigenvalue weighted by molar-refractivity contribution is 5.34. The third-order valence-electron chi connectivity index (χ3n) is 2.35. The fourth-order valence-corrected chi connectivity index (χ4v) is 1.48. The van der Waals surface area contributed by atoms with Gasteiger partial charge in [-0.25, -0.2) is 0 Å². The Bertz CT molecular complexity index is 421. The van der Waals surface area contributed by atoms with Gasteiger partial charge in [-0.05, 0) is 12.6 Å². The zero-order chi connectivity index (χ0) is 13.8. The van der Waals surface area contributed by atoms with Crippen LogP contribution in [0.15, 0.2) is 24.3 Å². The molecule has 0 amide bonds. The Morgan fingerprint density at radius 1 is 1.39 bits per heavy atom. The van der Waals surface area contributed by atoms with Gasteiger partial charge in [0.2, 0.25) is 0 Å². The lowest BCUT2D eigenvalue weighted by Gasteiger charge is -2.17. The van der Waals surface area contributed by atoms with Crippen LogP contribution < -0.4 is 0 Å². The molecule has 0 atom stereocenters. The summed E-state index contributed by atoms with van der Waals surface area (Å²) in [6.07, 6.45) is -5.07. The molecule has 1 rings (SSSR count). The van der Waals surface area contributed by atoms with Crippen molar-refractivity contribution in [3.05, 3.63) is 39.9 Å². The minimum absolute atomic E-state index is 0.0586. The lowest BCUT2D eigenvalue weighted by atomic mass is 10.2. The molecular weight excluding hydrogens is 249 g/mol. The average molecular weight is 262 g/mol. The molecule has 0 saturated heterocycles. The Morgan fingerprint density at radius 2 is 2.06 bits per heavy atom. The van der Waals surface area contributed by atoms with Crippen molar-refractivity contribution in [2.75, 3.05) is 13.6 Å². The molecule has 0 aliphatic rings. The first-order valence-corrected chi connectivity index (χ1v) is 5.26. The molecule has 0 aromatic heterocycles. The Balaban J connectivity index is 2.56. The van der Waals surface area contributed by atoms with Gasteiger partial charge < -0.3 is 4.90 Å². The maximum Gasteiger partial charge on any atom is 0.390 e. The first-order chi connectivity index (χ1) is 8.28. The van der Waals surface area contributed by atoms with Gasteiger partial charge in [0.05, 0.1) is 11.3 Å². The van der Waals surface area contributed by atoms with Crippen molar-refractivity contribution >= 4 is 5.69 Å². The van der Waals surface area contributed by atoms with Crippen molar-refractivity contribution in [2.45, 2.75) is 19.1 Å². The molecule has 1 aromatic carbocycles. The topological polar surface area (TPSA) is 46.4 Å². The molecule has 0 radical (unpaired) electrons. The van der Waals surface area contributed by atoms with E-state index in [-0.39, 0.29) is 18.8 Å². The molecule has 0 aliphatic carbocycles. The number of benzene rings is 1. The highest BCUT2D eigenvalue weighted by Crippen LogP contribution is 2.20. The highest BCUT2D eigenvalue weighted by atomic mass is 19.4. The van der Waals surface area contributed by atoms with Crippen molar-refractivity contribution in [3.63, 3.8) is 0 Å². The lowest BCUT2D eigenvalue weighted by molar-refractivity contribution is -0.384. The summed E-state index contributed by atoms with van der Waals surface area (Å²) in [5, 5.41) is 10.5. The molecule has 18 heavy (non-hydrogen) atoms. The van der Waals surface area contributed by atoms with E-state index < -0.39 is 17.5 Å². The van der Waals surface area contributed by atoms with Gasteiger partial charge in [-0.3, -0.25) is 10.1 Å². The van der Waals surface area contributed by atoms with Crippen molar-refractivity contribution in [3.8, 4) is 0 Å². The molecule has 0 bridgehead atoms. The van der Waals surface area contributed by atoms with E-state index in [1.165, 1.54) is 23.1 Å². The van der Waals surface area contributed by atoms with Crippen LogP contribution in [0.2, 0.25) is 0 Å². The summed E-state index contributed by atoms with van der Waals surface area (Å²) >= 11 is 0. The van der Waals surface area contributed by atoms with Crippen LogP contribution >= 0.6 is 0 Å². The minimum atomic E-state index is -4.18. The van der Waals surface area contributed by atoms with E-state index >= 15 is 0 Å².